The fourth-order valence-corrected chi connectivity index (χ4v) is 4.21. The first-order valence-electron chi connectivity index (χ1n) is 7.21. The zero-order chi connectivity index (χ0) is 16.5. The number of fused-ring (bicyclic) bond motifs is 1. The second-order valence-corrected chi connectivity index (χ2v) is 7.29. The molecule has 3 nitrogen and oxygen atoms in total. The molecule has 0 aliphatic carbocycles. The van der Waals surface area contributed by atoms with Crippen LogP contribution in [0, 0.1) is 5.82 Å². The number of nitrogens with zero attached hydrogens (tertiary/aromatic N) is 1. The van der Waals surface area contributed by atoms with Gasteiger partial charge in [-0.25, -0.2) is 9.37 Å². The minimum Gasteiger partial charge on any atom is -0.313 e. The van der Waals surface area contributed by atoms with E-state index in [1.165, 1.54) is 23.5 Å². The molecule has 4 aromatic rings. The molecule has 2 aromatic heterocycles. The topological polar surface area (TPSA) is 45.8 Å². The number of rotatable bonds is 2. The first-order valence-corrected chi connectivity index (χ1v) is 8.84. The van der Waals surface area contributed by atoms with Crippen molar-refractivity contribution in [1.82, 2.24) is 9.97 Å². The van der Waals surface area contributed by atoms with E-state index in [0.29, 0.717) is 10.1 Å². The summed E-state index contributed by atoms with van der Waals surface area (Å²) in [4.78, 5) is 19.4. The van der Waals surface area contributed by atoms with Crippen molar-refractivity contribution in [3.05, 3.63) is 84.5 Å². The molecule has 4 rings (SSSR count). The highest BCUT2D eigenvalue weighted by atomic mass is 32.1. The minimum atomic E-state index is -0.321. The average molecular weight is 354 g/mol. The maximum absolute atomic E-state index is 13.2. The van der Waals surface area contributed by atoms with Crippen molar-refractivity contribution in [3.8, 4) is 0 Å². The standard InChI is InChI=1S/C18H11FN2OS2/c19-12-5-3-4-11(8-12)9-15-18(22)21-17(24-15)10-16-20-13-6-1-2-7-14(13)23-16/h1-10H,(H,21,22)/b15-9?,17-10-. The number of aromatic nitrogens is 2. The van der Waals surface area contributed by atoms with Crippen LogP contribution in [0.2, 0.25) is 0 Å². The van der Waals surface area contributed by atoms with Crippen LogP contribution in [0.15, 0.2) is 53.3 Å². The number of thiazole rings is 2. The van der Waals surface area contributed by atoms with Crippen LogP contribution in [0.4, 0.5) is 4.39 Å². The lowest BCUT2D eigenvalue weighted by Crippen LogP contribution is -2.19. The number of para-hydroxylation sites is 1. The van der Waals surface area contributed by atoms with Gasteiger partial charge in [-0.05, 0) is 35.9 Å². The molecule has 0 amide bonds. The summed E-state index contributed by atoms with van der Waals surface area (Å²) in [7, 11) is 0. The molecule has 0 atom stereocenters. The number of aromatic amines is 1. The van der Waals surface area contributed by atoms with Crippen LogP contribution in [0.5, 0.6) is 0 Å². The fraction of sp³-hybridized carbons (Fsp3) is 0. The molecule has 0 spiro atoms. The minimum absolute atomic E-state index is 0.184. The summed E-state index contributed by atoms with van der Waals surface area (Å²) in [5.41, 5.74) is 1.42. The Bertz CT molecular complexity index is 1170. The van der Waals surface area contributed by atoms with Crippen LogP contribution < -0.4 is 14.8 Å². The van der Waals surface area contributed by atoms with Crippen molar-refractivity contribution in [1.29, 1.82) is 0 Å². The van der Waals surface area contributed by atoms with Crippen molar-refractivity contribution < 1.29 is 4.39 Å². The van der Waals surface area contributed by atoms with Crippen molar-refractivity contribution >= 4 is 45.0 Å². The molecule has 0 unspecified atom stereocenters. The highest BCUT2D eigenvalue weighted by molar-refractivity contribution is 7.19. The van der Waals surface area contributed by atoms with Crippen LogP contribution in [-0.2, 0) is 0 Å². The van der Waals surface area contributed by atoms with Crippen molar-refractivity contribution in [2.45, 2.75) is 0 Å². The number of benzene rings is 2. The van der Waals surface area contributed by atoms with Crippen LogP contribution in [-0.4, -0.2) is 9.97 Å². The Morgan fingerprint density at radius 3 is 2.75 bits per heavy atom. The van der Waals surface area contributed by atoms with Gasteiger partial charge in [0.2, 0.25) is 0 Å². The van der Waals surface area contributed by atoms with Gasteiger partial charge in [-0.2, -0.15) is 0 Å². The van der Waals surface area contributed by atoms with Gasteiger partial charge in [0.15, 0.2) is 0 Å². The first kappa shape index (κ1) is 15.0. The van der Waals surface area contributed by atoms with Gasteiger partial charge in [0, 0.05) is 6.08 Å². The van der Waals surface area contributed by atoms with Crippen molar-refractivity contribution in [2.24, 2.45) is 0 Å². The Kier molecular flexibility index (Phi) is 3.84. The van der Waals surface area contributed by atoms with Crippen LogP contribution in [0.3, 0.4) is 0 Å². The van der Waals surface area contributed by atoms with Gasteiger partial charge in [-0.3, -0.25) is 4.79 Å². The van der Waals surface area contributed by atoms with Crippen LogP contribution in [0.1, 0.15) is 10.6 Å². The van der Waals surface area contributed by atoms with E-state index in [4.69, 9.17) is 0 Å². The molecule has 0 fully saturated rings. The van der Waals surface area contributed by atoms with Crippen LogP contribution in [0.25, 0.3) is 22.4 Å². The largest absolute Gasteiger partial charge is 0.313 e. The zero-order valence-corrected chi connectivity index (χ0v) is 14.0. The van der Waals surface area contributed by atoms with E-state index < -0.39 is 0 Å². The Morgan fingerprint density at radius 1 is 1.04 bits per heavy atom. The summed E-state index contributed by atoms with van der Waals surface area (Å²) in [6, 6.07) is 14.1. The van der Waals surface area contributed by atoms with E-state index in [-0.39, 0.29) is 11.4 Å². The molecule has 0 saturated carbocycles. The number of H-pyrrole nitrogens is 1. The molecule has 0 bridgehead atoms. The Hall–Kier alpha value is -2.57. The molecular weight excluding hydrogens is 343 g/mol. The van der Waals surface area contributed by atoms with Crippen molar-refractivity contribution in [2.75, 3.05) is 0 Å². The summed E-state index contributed by atoms with van der Waals surface area (Å²) in [6.07, 6.45) is 3.54. The third kappa shape index (κ3) is 3.06. The Labute approximate surface area is 144 Å². The summed E-state index contributed by atoms with van der Waals surface area (Å²) in [5, 5.41) is 0.839. The summed E-state index contributed by atoms with van der Waals surface area (Å²) >= 11 is 2.90. The lowest BCUT2D eigenvalue weighted by atomic mass is 10.2. The van der Waals surface area contributed by atoms with Gasteiger partial charge in [0.25, 0.3) is 5.56 Å². The Balaban J connectivity index is 1.79. The lowest BCUT2D eigenvalue weighted by molar-refractivity contribution is 0.627. The second-order valence-electron chi connectivity index (χ2n) is 5.15. The van der Waals surface area contributed by atoms with Gasteiger partial charge in [-0.15, -0.1) is 22.7 Å². The molecule has 2 aromatic carbocycles. The molecule has 2 heterocycles. The molecule has 6 heteroatoms. The SMILES string of the molecule is O=c1[nH]/c(=C/c2nc3ccccc3s2)sc1=Cc1cccc(F)c1. The maximum Gasteiger partial charge on any atom is 0.266 e. The summed E-state index contributed by atoms with van der Waals surface area (Å²) < 4.78 is 15.6. The predicted octanol–water partition coefficient (Wildman–Crippen LogP) is 2.84. The fourth-order valence-electron chi connectivity index (χ4n) is 2.34. The highest BCUT2D eigenvalue weighted by Gasteiger charge is 2.01. The average Bonchev–Trinajstić information content (AvgIpc) is 3.10. The Morgan fingerprint density at radius 2 is 1.92 bits per heavy atom. The highest BCUT2D eigenvalue weighted by Crippen LogP contribution is 2.21. The van der Waals surface area contributed by atoms with E-state index >= 15 is 0 Å². The molecule has 24 heavy (non-hydrogen) atoms. The van der Waals surface area contributed by atoms with E-state index in [0.717, 1.165) is 19.9 Å². The van der Waals surface area contributed by atoms with E-state index in [1.54, 1.807) is 29.5 Å². The van der Waals surface area contributed by atoms with Gasteiger partial charge in [0.1, 0.15) is 10.8 Å². The zero-order valence-electron chi connectivity index (χ0n) is 12.3. The molecule has 0 aliphatic rings. The first-order chi connectivity index (χ1) is 11.7. The number of hydrogen-bond acceptors (Lipinski definition) is 4. The number of nitrogens with one attached hydrogen (secondary N) is 1. The normalized spacial score (nSPS) is 13.0. The molecule has 0 aliphatic heterocycles. The van der Waals surface area contributed by atoms with Crippen LogP contribution >= 0.6 is 22.7 Å². The van der Waals surface area contributed by atoms with Gasteiger partial charge in [0.05, 0.1) is 19.4 Å². The monoisotopic (exact) mass is 354 g/mol. The predicted molar refractivity (Wildman–Crippen MR) is 97.3 cm³/mol. The molecule has 0 radical (unpaired) electrons. The molecule has 0 saturated heterocycles. The third-order valence-corrected chi connectivity index (χ3v) is 5.34. The van der Waals surface area contributed by atoms with Crippen molar-refractivity contribution in [3.63, 3.8) is 0 Å². The van der Waals surface area contributed by atoms with E-state index in [9.17, 15) is 9.18 Å². The molecule has 118 valence electrons. The van der Waals surface area contributed by atoms with Gasteiger partial charge in [-0.1, -0.05) is 24.3 Å². The quantitative estimate of drug-likeness (QED) is 0.602. The third-order valence-electron chi connectivity index (χ3n) is 3.39. The molecule has 1 N–H and O–H groups in total. The smallest absolute Gasteiger partial charge is 0.266 e. The summed E-state index contributed by atoms with van der Waals surface area (Å²) in [5.74, 6) is -0.321. The maximum atomic E-state index is 13.2. The van der Waals surface area contributed by atoms with E-state index in [2.05, 4.69) is 9.97 Å². The molecular formula is C18H11FN2OS2. The lowest BCUT2D eigenvalue weighted by Gasteiger charge is -1.90. The second kappa shape index (κ2) is 6.14. The number of hydrogen-bond donors (Lipinski definition) is 1. The van der Waals surface area contributed by atoms with Gasteiger partial charge < -0.3 is 4.98 Å². The van der Waals surface area contributed by atoms with Gasteiger partial charge >= 0.3 is 0 Å². The van der Waals surface area contributed by atoms with E-state index in [1.807, 2.05) is 30.3 Å². The number of halogens is 1. The summed E-state index contributed by atoms with van der Waals surface area (Å²) in [6.45, 7) is 0.